The fourth-order valence-electron chi connectivity index (χ4n) is 1.86. The Balaban J connectivity index is 2.38. The summed E-state index contributed by atoms with van der Waals surface area (Å²) in [6.45, 7) is 6.35. The van der Waals surface area contributed by atoms with Gasteiger partial charge in [0, 0.05) is 34.7 Å². The van der Waals surface area contributed by atoms with Gasteiger partial charge in [0.1, 0.15) is 0 Å². The van der Waals surface area contributed by atoms with E-state index in [0.717, 1.165) is 4.90 Å². The van der Waals surface area contributed by atoms with Crippen LogP contribution in [0.1, 0.15) is 27.2 Å². The van der Waals surface area contributed by atoms with Crippen molar-refractivity contribution < 1.29 is 9.59 Å². The molecule has 122 valence electrons. The van der Waals surface area contributed by atoms with Gasteiger partial charge in [0.2, 0.25) is 11.8 Å². The molecule has 4 nitrogen and oxygen atoms in total. The van der Waals surface area contributed by atoms with Crippen LogP contribution in [0, 0.1) is 0 Å². The maximum atomic E-state index is 12.2. The van der Waals surface area contributed by atoms with E-state index >= 15 is 0 Å². The van der Waals surface area contributed by atoms with E-state index in [1.165, 1.54) is 0 Å². The summed E-state index contributed by atoms with van der Waals surface area (Å²) in [6, 6.07) is 7.62. The maximum Gasteiger partial charge on any atom is 0.239 e. The predicted molar refractivity (Wildman–Crippen MR) is 92.3 cm³/mol. The van der Waals surface area contributed by atoms with Crippen LogP contribution in [0.5, 0.6) is 0 Å². The Morgan fingerprint density at radius 3 is 2.45 bits per heavy atom. The summed E-state index contributed by atoms with van der Waals surface area (Å²) in [5, 5.41) is 3.50. The highest BCUT2D eigenvalue weighted by atomic mass is 35.5. The topological polar surface area (TPSA) is 49.4 Å². The Kier molecular flexibility index (Phi) is 8.35. The first-order valence-electron chi connectivity index (χ1n) is 7.38. The molecule has 0 aromatic heterocycles. The van der Waals surface area contributed by atoms with Crippen molar-refractivity contribution in [3.05, 3.63) is 29.3 Å². The van der Waals surface area contributed by atoms with Crippen LogP contribution in [-0.2, 0) is 9.59 Å². The molecule has 1 aromatic carbocycles. The van der Waals surface area contributed by atoms with Gasteiger partial charge >= 0.3 is 0 Å². The van der Waals surface area contributed by atoms with Crippen LogP contribution in [-0.4, -0.2) is 41.6 Å². The van der Waals surface area contributed by atoms with Gasteiger partial charge in [-0.3, -0.25) is 9.59 Å². The Morgan fingerprint density at radius 2 is 1.91 bits per heavy atom. The van der Waals surface area contributed by atoms with Gasteiger partial charge in [0.25, 0.3) is 0 Å². The minimum absolute atomic E-state index is 0.00266. The molecular formula is C16H23ClN2O2S. The van der Waals surface area contributed by atoms with Gasteiger partial charge in [0.15, 0.2) is 0 Å². The molecule has 0 atom stereocenters. The Labute approximate surface area is 141 Å². The zero-order valence-corrected chi connectivity index (χ0v) is 14.8. The van der Waals surface area contributed by atoms with Crippen LogP contribution >= 0.6 is 23.4 Å². The molecule has 0 aliphatic carbocycles. The van der Waals surface area contributed by atoms with E-state index in [-0.39, 0.29) is 24.4 Å². The number of carbonyl (C=O) groups excluding carboxylic acids is 2. The van der Waals surface area contributed by atoms with Gasteiger partial charge < -0.3 is 10.2 Å². The number of thioether (sulfide) groups is 1. The van der Waals surface area contributed by atoms with Crippen LogP contribution in [0.15, 0.2) is 29.2 Å². The molecule has 0 saturated heterocycles. The number of halogens is 1. The fourth-order valence-corrected chi connectivity index (χ4v) is 2.83. The molecule has 6 heteroatoms. The lowest BCUT2D eigenvalue weighted by molar-refractivity contribution is -0.135. The molecular weight excluding hydrogens is 320 g/mol. The van der Waals surface area contributed by atoms with Crippen LogP contribution < -0.4 is 5.32 Å². The number of hydrogen-bond acceptors (Lipinski definition) is 3. The fraction of sp³-hybridized carbons (Fsp3) is 0.500. The number of likely N-dealkylation sites (N-methyl/N-ethyl adjacent to an activating group) is 1. The minimum atomic E-state index is -0.115. The average molecular weight is 343 g/mol. The van der Waals surface area contributed by atoms with Crippen molar-refractivity contribution in [3.8, 4) is 0 Å². The standard InChI is InChI=1S/C16H23ClN2O2S/c1-4-19(11-15(20)18-12(2)3)16(21)9-10-22-14-7-5-13(17)6-8-14/h5-8,12H,4,9-11H2,1-3H3,(H,18,20). The normalized spacial score (nSPS) is 10.6. The third-order valence-corrected chi connectivity index (χ3v) is 4.18. The molecule has 22 heavy (non-hydrogen) atoms. The third kappa shape index (κ3) is 7.18. The Bertz CT molecular complexity index is 491. The van der Waals surface area contributed by atoms with E-state index in [4.69, 9.17) is 11.6 Å². The number of carbonyl (C=O) groups is 2. The van der Waals surface area contributed by atoms with Crippen LogP contribution in [0.25, 0.3) is 0 Å². The van der Waals surface area contributed by atoms with Crippen molar-refractivity contribution in [2.45, 2.75) is 38.1 Å². The van der Waals surface area contributed by atoms with Gasteiger partial charge in [-0.1, -0.05) is 11.6 Å². The van der Waals surface area contributed by atoms with E-state index in [9.17, 15) is 9.59 Å². The Hall–Kier alpha value is -1.20. The average Bonchev–Trinajstić information content (AvgIpc) is 2.46. The van der Waals surface area contributed by atoms with Crippen LogP contribution in [0.3, 0.4) is 0 Å². The van der Waals surface area contributed by atoms with Crippen molar-refractivity contribution in [2.75, 3.05) is 18.8 Å². The molecule has 0 radical (unpaired) electrons. The van der Waals surface area contributed by atoms with E-state index < -0.39 is 0 Å². The number of rotatable bonds is 8. The molecule has 0 fully saturated rings. The lowest BCUT2D eigenvalue weighted by atomic mass is 10.3. The first-order valence-corrected chi connectivity index (χ1v) is 8.74. The van der Waals surface area contributed by atoms with E-state index in [0.29, 0.717) is 23.7 Å². The van der Waals surface area contributed by atoms with E-state index in [1.54, 1.807) is 16.7 Å². The lowest BCUT2D eigenvalue weighted by Gasteiger charge is -2.21. The van der Waals surface area contributed by atoms with Gasteiger partial charge in [0.05, 0.1) is 6.54 Å². The smallest absolute Gasteiger partial charge is 0.239 e. The quantitative estimate of drug-likeness (QED) is 0.738. The Morgan fingerprint density at radius 1 is 1.27 bits per heavy atom. The second kappa shape index (κ2) is 9.74. The number of hydrogen-bond donors (Lipinski definition) is 1. The highest BCUT2D eigenvalue weighted by molar-refractivity contribution is 7.99. The molecule has 0 unspecified atom stereocenters. The van der Waals surface area contributed by atoms with Gasteiger partial charge in [-0.25, -0.2) is 0 Å². The molecule has 1 rings (SSSR count). The molecule has 2 amide bonds. The maximum absolute atomic E-state index is 12.2. The highest BCUT2D eigenvalue weighted by Gasteiger charge is 2.15. The third-order valence-electron chi connectivity index (χ3n) is 2.92. The van der Waals surface area contributed by atoms with Gasteiger partial charge in [-0.2, -0.15) is 0 Å². The second-order valence-electron chi connectivity index (χ2n) is 5.18. The number of nitrogens with one attached hydrogen (secondary N) is 1. The van der Waals surface area contributed by atoms with Crippen molar-refractivity contribution in [1.29, 1.82) is 0 Å². The molecule has 0 saturated carbocycles. The van der Waals surface area contributed by atoms with Gasteiger partial charge in [-0.05, 0) is 45.0 Å². The van der Waals surface area contributed by atoms with Crippen molar-refractivity contribution in [2.24, 2.45) is 0 Å². The molecule has 1 aromatic rings. The predicted octanol–water partition coefficient (Wildman–Crippen LogP) is 3.20. The monoisotopic (exact) mass is 342 g/mol. The van der Waals surface area contributed by atoms with Crippen molar-refractivity contribution in [1.82, 2.24) is 10.2 Å². The molecule has 0 bridgehead atoms. The largest absolute Gasteiger partial charge is 0.352 e. The zero-order chi connectivity index (χ0) is 16.5. The summed E-state index contributed by atoms with van der Waals surface area (Å²) in [4.78, 5) is 26.5. The SMILES string of the molecule is CCN(CC(=O)NC(C)C)C(=O)CCSc1ccc(Cl)cc1. The summed E-state index contributed by atoms with van der Waals surface area (Å²) >= 11 is 7.44. The molecule has 0 aliphatic rings. The molecule has 0 heterocycles. The number of nitrogens with zero attached hydrogens (tertiary/aromatic N) is 1. The van der Waals surface area contributed by atoms with E-state index in [2.05, 4.69) is 5.32 Å². The lowest BCUT2D eigenvalue weighted by Crippen LogP contribution is -2.42. The zero-order valence-electron chi connectivity index (χ0n) is 13.3. The summed E-state index contributed by atoms with van der Waals surface area (Å²) in [6.07, 6.45) is 0.413. The second-order valence-corrected chi connectivity index (χ2v) is 6.79. The molecule has 1 N–H and O–H groups in total. The summed E-state index contributed by atoms with van der Waals surface area (Å²) in [5.74, 6) is 0.571. The first kappa shape index (κ1) is 18.8. The summed E-state index contributed by atoms with van der Waals surface area (Å²) in [7, 11) is 0. The molecule has 0 spiro atoms. The minimum Gasteiger partial charge on any atom is -0.352 e. The van der Waals surface area contributed by atoms with Crippen LogP contribution in [0.2, 0.25) is 5.02 Å². The number of benzene rings is 1. The first-order chi connectivity index (χ1) is 10.4. The van der Waals surface area contributed by atoms with E-state index in [1.807, 2.05) is 45.0 Å². The van der Waals surface area contributed by atoms with Crippen molar-refractivity contribution in [3.63, 3.8) is 0 Å². The molecule has 0 aliphatic heterocycles. The van der Waals surface area contributed by atoms with Crippen molar-refractivity contribution >= 4 is 35.2 Å². The number of amides is 2. The van der Waals surface area contributed by atoms with Gasteiger partial charge in [-0.15, -0.1) is 11.8 Å². The van der Waals surface area contributed by atoms with Crippen LogP contribution in [0.4, 0.5) is 0 Å². The summed E-state index contributed by atoms with van der Waals surface area (Å²) in [5.41, 5.74) is 0. The highest BCUT2D eigenvalue weighted by Crippen LogP contribution is 2.21. The summed E-state index contributed by atoms with van der Waals surface area (Å²) < 4.78 is 0.